The number of nitrogens with one attached hydrogen (secondary N) is 1. The predicted molar refractivity (Wildman–Crippen MR) is 78.1 cm³/mol. The third-order valence-electron chi connectivity index (χ3n) is 3.10. The first-order valence-electron chi connectivity index (χ1n) is 6.56. The van der Waals surface area contributed by atoms with Crippen LogP contribution in [0.25, 0.3) is 0 Å². The number of carbonyl (C=O) groups is 2. The van der Waals surface area contributed by atoms with E-state index in [1.165, 1.54) is 0 Å². The molecule has 5 nitrogen and oxygen atoms in total. The first-order chi connectivity index (χ1) is 9.49. The maximum Gasteiger partial charge on any atom is 0.223 e. The zero-order chi connectivity index (χ0) is 15.1. The second kappa shape index (κ2) is 7.65. The van der Waals surface area contributed by atoms with E-state index in [1.54, 1.807) is 26.3 Å². The summed E-state index contributed by atoms with van der Waals surface area (Å²) in [6.07, 6.45) is 0. The smallest absolute Gasteiger partial charge is 0.223 e. The van der Waals surface area contributed by atoms with E-state index in [4.69, 9.17) is 4.74 Å². The van der Waals surface area contributed by atoms with Gasteiger partial charge in [0.05, 0.1) is 19.2 Å². The van der Waals surface area contributed by atoms with E-state index in [0.29, 0.717) is 17.9 Å². The van der Waals surface area contributed by atoms with E-state index in [1.807, 2.05) is 31.0 Å². The Morgan fingerprint density at radius 3 is 2.60 bits per heavy atom. The van der Waals surface area contributed by atoms with Crippen LogP contribution >= 0.6 is 0 Å². The van der Waals surface area contributed by atoms with Gasteiger partial charge in [0, 0.05) is 19.5 Å². The van der Waals surface area contributed by atoms with Gasteiger partial charge in [-0.1, -0.05) is 19.1 Å². The summed E-state index contributed by atoms with van der Waals surface area (Å²) in [6, 6.07) is 7.15. The van der Waals surface area contributed by atoms with Gasteiger partial charge in [0.15, 0.2) is 5.78 Å². The average molecular weight is 278 g/mol. The molecular weight excluding hydrogens is 256 g/mol. The molecule has 0 aliphatic rings. The second-order valence-corrected chi connectivity index (χ2v) is 4.84. The molecule has 110 valence electrons. The maximum atomic E-state index is 12.2. The molecule has 1 atom stereocenters. The standard InChI is InChI=1S/C15H22N2O3/c1-11(15(19)16-2)9-17(3)10-13(18)12-7-5-6-8-14(12)20-4/h5-8,11H,9-10H2,1-4H3,(H,16,19). The third-order valence-corrected chi connectivity index (χ3v) is 3.10. The molecule has 20 heavy (non-hydrogen) atoms. The van der Waals surface area contributed by atoms with Gasteiger partial charge in [-0.3, -0.25) is 14.5 Å². The quantitative estimate of drug-likeness (QED) is 0.761. The highest BCUT2D eigenvalue weighted by Crippen LogP contribution is 2.18. The van der Waals surface area contributed by atoms with E-state index in [9.17, 15) is 9.59 Å². The number of ketones is 1. The molecule has 0 heterocycles. The van der Waals surface area contributed by atoms with Crippen LogP contribution in [0.15, 0.2) is 24.3 Å². The van der Waals surface area contributed by atoms with Crippen LogP contribution in [0.2, 0.25) is 0 Å². The average Bonchev–Trinajstić information content (AvgIpc) is 2.45. The molecular formula is C15H22N2O3. The highest BCUT2D eigenvalue weighted by Gasteiger charge is 2.17. The van der Waals surface area contributed by atoms with Gasteiger partial charge in [0.2, 0.25) is 5.91 Å². The minimum Gasteiger partial charge on any atom is -0.496 e. The third kappa shape index (κ3) is 4.35. The first kappa shape index (κ1) is 16.2. The summed E-state index contributed by atoms with van der Waals surface area (Å²) < 4.78 is 5.18. The topological polar surface area (TPSA) is 58.6 Å². The van der Waals surface area contributed by atoms with Gasteiger partial charge in [0.25, 0.3) is 0 Å². The minimum atomic E-state index is -0.157. The Morgan fingerprint density at radius 2 is 2.00 bits per heavy atom. The number of carbonyl (C=O) groups excluding carboxylic acids is 2. The summed E-state index contributed by atoms with van der Waals surface area (Å²) in [5.74, 6) is 0.372. The summed E-state index contributed by atoms with van der Waals surface area (Å²) in [4.78, 5) is 25.5. The van der Waals surface area contributed by atoms with Crippen molar-refractivity contribution < 1.29 is 14.3 Å². The van der Waals surface area contributed by atoms with Crippen molar-refractivity contribution in [3.63, 3.8) is 0 Å². The number of nitrogens with zero attached hydrogens (tertiary/aromatic N) is 1. The number of amides is 1. The van der Waals surface area contributed by atoms with Crippen LogP contribution in [0.4, 0.5) is 0 Å². The van der Waals surface area contributed by atoms with Crippen molar-refractivity contribution in [3.8, 4) is 5.75 Å². The predicted octanol–water partition coefficient (Wildman–Crippen LogP) is 1.19. The number of hydrogen-bond acceptors (Lipinski definition) is 4. The lowest BCUT2D eigenvalue weighted by atomic mass is 10.1. The molecule has 1 amide bonds. The van der Waals surface area contributed by atoms with Crippen molar-refractivity contribution in [2.75, 3.05) is 34.3 Å². The van der Waals surface area contributed by atoms with Crippen molar-refractivity contribution in [2.45, 2.75) is 6.92 Å². The molecule has 0 aromatic heterocycles. The highest BCUT2D eigenvalue weighted by molar-refractivity contribution is 6.00. The van der Waals surface area contributed by atoms with Crippen LogP contribution < -0.4 is 10.1 Å². The fourth-order valence-corrected chi connectivity index (χ4v) is 2.07. The van der Waals surface area contributed by atoms with Crippen LogP contribution in [0.3, 0.4) is 0 Å². The van der Waals surface area contributed by atoms with Gasteiger partial charge in [-0.2, -0.15) is 0 Å². The fraction of sp³-hybridized carbons (Fsp3) is 0.467. The number of Topliss-reactive ketones (excluding diaryl/α,β-unsaturated/α-hetero) is 1. The van der Waals surface area contributed by atoms with Crippen LogP contribution in [0.5, 0.6) is 5.75 Å². The lowest BCUT2D eigenvalue weighted by molar-refractivity contribution is -0.124. The molecule has 0 radical (unpaired) electrons. The van der Waals surface area contributed by atoms with Crippen LogP contribution in [0, 0.1) is 5.92 Å². The Morgan fingerprint density at radius 1 is 1.35 bits per heavy atom. The number of ether oxygens (including phenoxy) is 1. The van der Waals surface area contributed by atoms with Gasteiger partial charge in [-0.15, -0.1) is 0 Å². The van der Waals surface area contributed by atoms with E-state index < -0.39 is 0 Å². The van der Waals surface area contributed by atoms with Crippen molar-refractivity contribution in [1.82, 2.24) is 10.2 Å². The van der Waals surface area contributed by atoms with E-state index in [0.717, 1.165) is 0 Å². The van der Waals surface area contributed by atoms with Crippen molar-refractivity contribution in [2.24, 2.45) is 5.92 Å². The number of benzene rings is 1. The van der Waals surface area contributed by atoms with Gasteiger partial charge in [-0.25, -0.2) is 0 Å². The fourth-order valence-electron chi connectivity index (χ4n) is 2.07. The van der Waals surface area contributed by atoms with E-state index >= 15 is 0 Å². The monoisotopic (exact) mass is 278 g/mol. The Kier molecular flexibility index (Phi) is 6.18. The Bertz CT molecular complexity index is 474. The second-order valence-electron chi connectivity index (χ2n) is 4.84. The molecule has 0 bridgehead atoms. The maximum absolute atomic E-state index is 12.2. The normalized spacial score (nSPS) is 12.1. The molecule has 5 heteroatoms. The molecule has 0 fully saturated rings. The van der Waals surface area contributed by atoms with Gasteiger partial charge in [0.1, 0.15) is 5.75 Å². The number of likely N-dealkylation sites (N-methyl/N-ethyl adjacent to an activating group) is 1. The van der Waals surface area contributed by atoms with Crippen LogP contribution in [0.1, 0.15) is 17.3 Å². The SMILES string of the molecule is CNC(=O)C(C)CN(C)CC(=O)c1ccccc1OC. The summed E-state index contributed by atoms with van der Waals surface area (Å²) in [7, 11) is 4.98. The molecule has 0 saturated carbocycles. The molecule has 1 rings (SSSR count). The zero-order valence-electron chi connectivity index (χ0n) is 12.5. The number of methoxy groups -OCH3 is 1. The van der Waals surface area contributed by atoms with Gasteiger partial charge >= 0.3 is 0 Å². The number of hydrogen-bond donors (Lipinski definition) is 1. The van der Waals surface area contributed by atoms with Crippen LogP contribution in [-0.4, -0.2) is 50.9 Å². The minimum absolute atomic E-state index is 0.0194. The lowest BCUT2D eigenvalue weighted by Gasteiger charge is -2.20. The van der Waals surface area contributed by atoms with E-state index in [-0.39, 0.29) is 24.2 Å². The summed E-state index contributed by atoms with van der Waals surface area (Å²) >= 11 is 0. The van der Waals surface area contributed by atoms with Gasteiger partial charge in [-0.05, 0) is 19.2 Å². The molecule has 0 aliphatic carbocycles. The zero-order valence-corrected chi connectivity index (χ0v) is 12.5. The van der Waals surface area contributed by atoms with Crippen molar-refractivity contribution in [3.05, 3.63) is 29.8 Å². The number of rotatable bonds is 7. The number of para-hydroxylation sites is 1. The molecule has 0 saturated heterocycles. The Balaban J connectivity index is 2.64. The summed E-state index contributed by atoms with van der Waals surface area (Å²) in [5.41, 5.74) is 0.564. The first-order valence-corrected chi connectivity index (χ1v) is 6.56. The van der Waals surface area contributed by atoms with Crippen molar-refractivity contribution >= 4 is 11.7 Å². The molecule has 0 aliphatic heterocycles. The van der Waals surface area contributed by atoms with Gasteiger partial charge < -0.3 is 10.1 Å². The molecule has 1 N–H and O–H groups in total. The van der Waals surface area contributed by atoms with Crippen LogP contribution in [-0.2, 0) is 4.79 Å². The Labute approximate surface area is 119 Å². The lowest BCUT2D eigenvalue weighted by Crippen LogP contribution is -2.36. The highest BCUT2D eigenvalue weighted by atomic mass is 16.5. The molecule has 1 aromatic rings. The molecule has 0 spiro atoms. The summed E-state index contributed by atoms with van der Waals surface area (Å²) in [6.45, 7) is 2.62. The molecule has 1 aromatic carbocycles. The Hall–Kier alpha value is -1.88. The largest absolute Gasteiger partial charge is 0.496 e. The molecule has 1 unspecified atom stereocenters. The summed E-state index contributed by atoms with van der Waals surface area (Å²) in [5, 5.41) is 2.60. The van der Waals surface area contributed by atoms with Crippen molar-refractivity contribution in [1.29, 1.82) is 0 Å². The van der Waals surface area contributed by atoms with E-state index in [2.05, 4.69) is 5.32 Å².